The summed E-state index contributed by atoms with van der Waals surface area (Å²) in [5, 5.41) is 11.9. The van der Waals surface area contributed by atoms with Crippen molar-refractivity contribution < 1.29 is 14.3 Å². The highest BCUT2D eigenvalue weighted by atomic mass is 32.2. The van der Waals surface area contributed by atoms with E-state index >= 15 is 0 Å². The van der Waals surface area contributed by atoms with Gasteiger partial charge in [-0.2, -0.15) is 0 Å². The molecule has 1 N–H and O–H groups in total. The normalized spacial score (nSPS) is 11.7. The van der Waals surface area contributed by atoms with Gasteiger partial charge in [-0.25, -0.2) is 0 Å². The van der Waals surface area contributed by atoms with E-state index in [0.717, 1.165) is 22.6 Å². The molecule has 0 saturated carbocycles. The van der Waals surface area contributed by atoms with Crippen molar-refractivity contribution in [1.82, 2.24) is 14.8 Å². The van der Waals surface area contributed by atoms with Gasteiger partial charge in [0.15, 0.2) is 11.0 Å². The fourth-order valence-corrected chi connectivity index (χ4v) is 4.42. The first-order chi connectivity index (χ1) is 17.0. The maximum Gasteiger partial charge on any atom is 0.237 e. The number of rotatable bonds is 9. The summed E-state index contributed by atoms with van der Waals surface area (Å²) >= 11 is 1.34. The summed E-state index contributed by atoms with van der Waals surface area (Å²) in [6, 6.07) is 23.3. The molecular weight excluding hydrogens is 460 g/mol. The van der Waals surface area contributed by atoms with E-state index in [1.54, 1.807) is 7.11 Å². The van der Waals surface area contributed by atoms with Crippen LogP contribution in [0, 0.1) is 13.8 Å². The maximum absolute atomic E-state index is 13.0. The van der Waals surface area contributed by atoms with E-state index in [1.807, 2.05) is 98.1 Å². The third-order valence-electron chi connectivity index (χ3n) is 5.43. The number of carbonyl (C=O) groups is 1. The maximum atomic E-state index is 13.0. The third kappa shape index (κ3) is 5.84. The predicted octanol–water partition coefficient (Wildman–Crippen LogP) is 5.59. The second-order valence-electron chi connectivity index (χ2n) is 8.08. The molecule has 0 fully saturated rings. The van der Waals surface area contributed by atoms with Crippen LogP contribution in [0.25, 0.3) is 5.69 Å². The van der Waals surface area contributed by atoms with Crippen LogP contribution in [0.2, 0.25) is 0 Å². The first kappa shape index (κ1) is 24.3. The van der Waals surface area contributed by atoms with E-state index in [-0.39, 0.29) is 12.5 Å². The molecule has 1 atom stereocenters. The monoisotopic (exact) mass is 488 g/mol. The molecule has 4 rings (SSSR count). The molecule has 1 amide bonds. The Balaban J connectivity index is 1.55. The van der Waals surface area contributed by atoms with Gasteiger partial charge < -0.3 is 14.8 Å². The third-order valence-corrected chi connectivity index (χ3v) is 6.47. The average Bonchev–Trinajstić information content (AvgIpc) is 3.26. The molecule has 0 bridgehead atoms. The van der Waals surface area contributed by atoms with Crippen LogP contribution < -0.4 is 14.8 Å². The minimum Gasteiger partial charge on any atom is -0.495 e. The largest absolute Gasteiger partial charge is 0.495 e. The van der Waals surface area contributed by atoms with Gasteiger partial charge in [0.1, 0.15) is 18.1 Å². The van der Waals surface area contributed by atoms with Crippen LogP contribution in [0.1, 0.15) is 23.9 Å². The van der Waals surface area contributed by atoms with E-state index < -0.39 is 5.25 Å². The van der Waals surface area contributed by atoms with Gasteiger partial charge in [0.05, 0.1) is 18.0 Å². The van der Waals surface area contributed by atoms with Gasteiger partial charge in [-0.1, -0.05) is 54.2 Å². The number of nitrogens with one attached hydrogen (secondary N) is 1. The van der Waals surface area contributed by atoms with Crippen molar-refractivity contribution >= 4 is 23.4 Å². The lowest BCUT2D eigenvalue weighted by atomic mass is 10.2. The Kier molecular flexibility index (Phi) is 7.72. The molecular formula is C27H28N4O3S. The van der Waals surface area contributed by atoms with Crippen molar-refractivity contribution in [2.75, 3.05) is 12.4 Å². The average molecular weight is 489 g/mol. The summed E-state index contributed by atoms with van der Waals surface area (Å²) in [5.74, 6) is 1.91. The smallest absolute Gasteiger partial charge is 0.237 e. The summed E-state index contributed by atoms with van der Waals surface area (Å²) < 4.78 is 13.4. The highest BCUT2D eigenvalue weighted by Gasteiger charge is 2.22. The molecule has 0 radical (unpaired) electrons. The molecule has 0 aliphatic rings. The summed E-state index contributed by atoms with van der Waals surface area (Å²) in [7, 11) is 1.58. The summed E-state index contributed by atoms with van der Waals surface area (Å²) in [5.41, 5.74) is 3.62. The highest BCUT2D eigenvalue weighted by molar-refractivity contribution is 8.00. The van der Waals surface area contributed by atoms with Crippen LogP contribution in [-0.2, 0) is 11.4 Å². The number of benzene rings is 3. The van der Waals surface area contributed by atoms with Crippen LogP contribution in [-0.4, -0.2) is 33.0 Å². The molecule has 8 heteroatoms. The Morgan fingerprint density at radius 3 is 2.49 bits per heavy atom. The lowest BCUT2D eigenvalue weighted by molar-refractivity contribution is -0.115. The minimum atomic E-state index is -0.433. The van der Waals surface area contributed by atoms with Crippen LogP contribution in [0.4, 0.5) is 5.69 Å². The number of amides is 1. The van der Waals surface area contributed by atoms with Gasteiger partial charge in [-0.05, 0) is 62.2 Å². The molecule has 4 aromatic rings. The van der Waals surface area contributed by atoms with Gasteiger partial charge in [-0.3, -0.25) is 9.36 Å². The van der Waals surface area contributed by atoms with Crippen molar-refractivity contribution in [2.24, 2.45) is 0 Å². The number of nitrogens with zero attached hydrogens (tertiary/aromatic N) is 3. The molecule has 0 aliphatic heterocycles. The fraction of sp³-hybridized carbons (Fsp3) is 0.222. The lowest BCUT2D eigenvalue weighted by Gasteiger charge is -2.16. The van der Waals surface area contributed by atoms with Crippen molar-refractivity contribution in [3.05, 3.63) is 89.7 Å². The molecule has 7 nitrogen and oxygen atoms in total. The molecule has 1 aromatic heterocycles. The summed E-state index contributed by atoms with van der Waals surface area (Å²) in [6.45, 7) is 6.06. The first-order valence-electron chi connectivity index (χ1n) is 11.3. The number of thioether (sulfide) groups is 1. The van der Waals surface area contributed by atoms with Crippen molar-refractivity contribution in [3.8, 4) is 17.2 Å². The van der Waals surface area contributed by atoms with Crippen molar-refractivity contribution in [3.63, 3.8) is 0 Å². The van der Waals surface area contributed by atoms with E-state index in [1.165, 1.54) is 11.8 Å². The first-order valence-corrected chi connectivity index (χ1v) is 12.1. The standard InChI is InChI=1S/C27H28N4O3S/c1-18-14-15-24(33-4)22(16-18)28-26(32)20(3)35-27-30-29-25(31(27)21-11-6-5-7-12-21)17-34-23-13-9-8-10-19(23)2/h5-16,20H,17H2,1-4H3,(H,28,32). The lowest BCUT2D eigenvalue weighted by Crippen LogP contribution is -2.23. The number of anilines is 1. The van der Waals surface area contributed by atoms with Crippen LogP contribution in [0.15, 0.2) is 78.0 Å². The van der Waals surface area contributed by atoms with E-state index in [9.17, 15) is 4.79 Å². The van der Waals surface area contributed by atoms with Gasteiger partial charge in [0, 0.05) is 5.69 Å². The van der Waals surface area contributed by atoms with E-state index in [2.05, 4.69) is 15.5 Å². The second-order valence-corrected chi connectivity index (χ2v) is 9.38. The minimum absolute atomic E-state index is 0.153. The number of ether oxygens (including phenoxy) is 2. The topological polar surface area (TPSA) is 78.3 Å². The number of aromatic nitrogens is 3. The van der Waals surface area contributed by atoms with Crippen LogP contribution in [0.3, 0.4) is 0 Å². The summed E-state index contributed by atoms with van der Waals surface area (Å²) in [6.07, 6.45) is 0. The van der Waals surface area contributed by atoms with Gasteiger partial charge in [-0.15, -0.1) is 10.2 Å². The zero-order chi connectivity index (χ0) is 24.8. The quantitative estimate of drug-likeness (QED) is 0.310. The van der Waals surface area contributed by atoms with Crippen molar-refractivity contribution in [1.29, 1.82) is 0 Å². The highest BCUT2D eigenvalue weighted by Crippen LogP contribution is 2.30. The summed E-state index contributed by atoms with van der Waals surface area (Å²) in [4.78, 5) is 13.0. The van der Waals surface area contributed by atoms with E-state index in [0.29, 0.717) is 22.4 Å². The SMILES string of the molecule is COc1ccc(C)cc1NC(=O)C(C)Sc1nnc(COc2ccccc2C)n1-c1ccccc1. The molecule has 3 aromatic carbocycles. The Hall–Kier alpha value is -3.78. The zero-order valence-electron chi connectivity index (χ0n) is 20.2. The Morgan fingerprint density at radius 1 is 1.00 bits per heavy atom. The molecule has 0 spiro atoms. The van der Waals surface area contributed by atoms with Gasteiger partial charge >= 0.3 is 0 Å². The van der Waals surface area contributed by atoms with Crippen molar-refractivity contribution in [2.45, 2.75) is 37.8 Å². The fourth-order valence-electron chi connectivity index (χ4n) is 3.53. The van der Waals surface area contributed by atoms with E-state index in [4.69, 9.17) is 9.47 Å². The molecule has 0 aliphatic carbocycles. The molecule has 180 valence electrons. The number of methoxy groups -OCH3 is 1. The predicted molar refractivity (Wildman–Crippen MR) is 139 cm³/mol. The number of hydrogen-bond donors (Lipinski definition) is 1. The molecule has 0 saturated heterocycles. The number of hydrogen-bond acceptors (Lipinski definition) is 6. The zero-order valence-corrected chi connectivity index (χ0v) is 21.0. The van der Waals surface area contributed by atoms with Crippen LogP contribution >= 0.6 is 11.8 Å². The molecule has 1 unspecified atom stereocenters. The Bertz CT molecular complexity index is 1310. The molecule has 1 heterocycles. The number of para-hydroxylation sites is 2. The van der Waals surface area contributed by atoms with Crippen LogP contribution in [0.5, 0.6) is 11.5 Å². The number of aryl methyl sites for hydroxylation is 2. The molecule has 35 heavy (non-hydrogen) atoms. The Morgan fingerprint density at radius 2 is 1.74 bits per heavy atom. The Labute approximate surface area is 209 Å². The van der Waals surface area contributed by atoms with Gasteiger partial charge in [0.25, 0.3) is 0 Å². The second kappa shape index (κ2) is 11.1. The number of carbonyl (C=O) groups excluding carboxylic acids is 1. The van der Waals surface area contributed by atoms with Gasteiger partial charge in [0.2, 0.25) is 5.91 Å².